The quantitative estimate of drug-likeness (QED) is 0.0356. The number of halogens is 9. The normalized spacial score (nSPS) is 10.8. The summed E-state index contributed by atoms with van der Waals surface area (Å²) in [6.45, 7) is 0. The number of benzene rings is 10. The SMILES string of the molecule is ClC(Cl)Cl.Fc1ccc(-c2nc3ccc(-c4ccc5nc(-c6ccc(F)cc6)c(-c6ccc(F)cc6)nc5c4)cc3nc2-c2ccc(F)cc2)cc1.Nc1ccc(-c2ccc(N)c(N)c2)cc1N.O=C(C(=O)c1ccc(F)cc1)c1ccc(F)cc1. The minimum Gasteiger partial charge on any atom is -0.397 e. The van der Waals surface area contributed by atoms with Gasteiger partial charge in [0.05, 0.1) is 67.6 Å². The van der Waals surface area contributed by atoms with E-state index in [9.17, 15) is 35.9 Å². The van der Waals surface area contributed by atoms with Gasteiger partial charge in [-0.15, -0.1) is 0 Å². The fourth-order valence-electron chi connectivity index (χ4n) is 8.68. The van der Waals surface area contributed by atoms with Gasteiger partial charge in [-0.3, -0.25) is 9.59 Å². The standard InChI is InChI=1S/C40H22F4N4.C14H8F2O2.C12H14N4.CHCl3/c41-29-11-1-23(2-12-29)37-39(25-5-15-31(43)16-6-25)47-35-21-27(9-19-33(35)45-37)28-10-20-34-36(22-28)48-40(26-7-17-32(44)18-8-26)38(46-34)24-3-13-30(42)14-4-24;15-11-5-1-9(2-6-11)13(17)14(18)10-3-7-12(16)8-4-10;13-9-3-1-7(5-11(9)15)8-2-4-10(14)12(16)6-8;2-1(3)4/h1-22H;1-8H;1-6H,13-16H2;1H. The molecule has 86 heavy (non-hydrogen) atoms. The number of nitrogens with zero attached hydrogens (tertiary/aromatic N) is 4. The lowest BCUT2D eigenvalue weighted by atomic mass is 10.0. The van der Waals surface area contributed by atoms with Gasteiger partial charge in [-0.25, -0.2) is 46.3 Å². The van der Waals surface area contributed by atoms with Crippen LogP contribution in [0.1, 0.15) is 20.7 Å². The van der Waals surface area contributed by atoms with Crippen molar-refractivity contribution in [2.45, 2.75) is 4.30 Å². The van der Waals surface area contributed by atoms with Gasteiger partial charge in [0, 0.05) is 33.4 Å². The van der Waals surface area contributed by atoms with Gasteiger partial charge in [-0.1, -0.05) is 59.1 Å². The number of fused-ring (bicyclic) bond motifs is 2. The van der Waals surface area contributed by atoms with Crippen molar-refractivity contribution in [2.75, 3.05) is 22.9 Å². The van der Waals surface area contributed by atoms with Gasteiger partial charge in [0.2, 0.25) is 11.6 Å². The second-order valence-corrected chi connectivity index (χ2v) is 20.9. The van der Waals surface area contributed by atoms with E-state index in [0.29, 0.717) is 89.8 Å². The number of alkyl halides is 3. The van der Waals surface area contributed by atoms with Crippen LogP contribution >= 0.6 is 34.8 Å². The molecule has 0 spiro atoms. The van der Waals surface area contributed by atoms with Crippen molar-refractivity contribution >= 4 is 91.2 Å². The predicted octanol–water partition coefficient (Wildman–Crippen LogP) is 17.2. The minimum atomic E-state index is -0.750. The molecule has 0 aliphatic carbocycles. The van der Waals surface area contributed by atoms with Crippen molar-refractivity contribution in [2.24, 2.45) is 0 Å². The lowest BCUT2D eigenvalue weighted by molar-refractivity contribution is 0.0817. The molecule has 8 N–H and O–H groups in total. The monoisotopic (exact) mass is 1210 g/mol. The number of nitrogens with two attached hydrogens (primary N) is 4. The minimum absolute atomic E-state index is 0.103. The molecule has 0 bridgehead atoms. The zero-order chi connectivity index (χ0) is 61.2. The molecule has 0 saturated carbocycles. The Morgan fingerprint density at radius 1 is 0.279 bits per heavy atom. The molecule has 0 radical (unpaired) electrons. The van der Waals surface area contributed by atoms with E-state index in [0.717, 1.165) is 46.5 Å². The van der Waals surface area contributed by atoms with Crippen molar-refractivity contribution in [3.05, 3.63) is 264 Å². The molecule has 428 valence electrons. The number of Topliss-reactive ketones (excluding diaryl/α,β-unsaturated/α-hetero) is 2. The molecule has 0 amide bonds. The summed E-state index contributed by atoms with van der Waals surface area (Å²) in [5.74, 6) is -3.94. The molecule has 0 unspecified atom stereocenters. The van der Waals surface area contributed by atoms with Crippen LogP contribution in [0.15, 0.2) is 218 Å². The zero-order valence-electron chi connectivity index (χ0n) is 44.7. The first-order valence-electron chi connectivity index (χ1n) is 25.8. The van der Waals surface area contributed by atoms with Crippen LogP contribution in [0.25, 0.3) is 89.4 Å². The first-order valence-corrected chi connectivity index (χ1v) is 27.1. The van der Waals surface area contributed by atoms with E-state index in [4.69, 9.17) is 77.7 Å². The van der Waals surface area contributed by atoms with E-state index in [1.165, 1.54) is 72.8 Å². The lowest BCUT2D eigenvalue weighted by Crippen LogP contribution is -2.14. The smallest absolute Gasteiger partial charge is 0.233 e. The average molecular weight is 1210 g/mol. The molecule has 2 aromatic heterocycles. The summed E-state index contributed by atoms with van der Waals surface area (Å²) in [6, 6.07) is 55.9. The van der Waals surface area contributed by atoms with E-state index >= 15 is 0 Å². The number of nitrogen functional groups attached to an aromatic ring is 4. The van der Waals surface area contributed by atoms with Crippen molar-refractivity contribution in [3.8, 4) is 67.3 Å². The molecule has 10 nitrogen and oxygen atoms in total. The van der Waals surface area contributed by atoms with Gasteiger partial charge in [-0.05, 0) is 216 Å². The topological polar surface area (TPSA) is 190 Å². The molecule has 0 atom stereocenters. The Bertz CT molecular complexity index is 4130. The maximum absolute atomic E-state index is 13.8. The highest BCUT2D eigenvalue weighted by Gasteiger charge is 2.20. The molecule has 12 aromatic rings. The Hall–Kier alpha value is -10.1. The summed E-state index contributed by atoms with van der Waals surface area (Å²) in [4.78, 5) is 43.3. The van der Waals surface area contributed by atoms with Crippen molar-refractivity contribution in [1.29, 1.82) is 0 Å². The van der Waals surface area contributed by atoms with Crippen LogP contribution in [0.3, 0.4) is 0 Å². The Kier molecular flexibility index (Phi) is 19.0. The maximum Gasteiger partial charge on any atom is 0.233 e. The van der Waals surface area contributed by atoms with Crippen molar-refractivity contribution in [1.82, 2.24) is 19.9 Å². The number of hydrogen-bond donors (Lipinski definition) is 4. The highest BCUT2D eigenvalue weighted by atomic mass is 35.6. The third-order valence-corrected chi connectivity index (χ3v) is 13.1. The van der Waals surface area contributed by atoms with Gasteiger partial charge in [-0.2, -0.15) is 0 Å². The number of rotatable bonds is 9. The fraction of sp³-hybridized carbons (Fsp3) is 0.0149. The molecule has 12 rings (SSSR count). The number of aromatic nitrogens is 4. The van der Waals surface area contributed by atoms with Crippen LogP contribution in [0.2, 0.25) is 0 Å². The molecule has 2 heterocycles. The Morgan fingerprint density at radius 2 is 0.488 bits per heavy atom. The van der Waals surface area contributed by atoms with E-state index in [2.05, 4.69) is 0 Å². The highest BCUT2D eigenvalue weighted by Crippen LogP contribution is 2.36. The molecule has 0 saturated heterocycles. The van der Waals surface area contributed by atoms with Crippen LogP contribution in [0.5, 0.6) is 0 Å². The summed E-state index contributed by atoms with van der Waals surface area (Å²) >= 11 is 14.4. The van der Waals surface area contributed by atoms with E-state index < -0.39 is 27.5 Å². The Morgan fingerprint density at radius 3 is 0.744 bits per heavy atom. The molecule has 0 fully saturated rings. The Labute approximate surface area is 503 Å². The second-order valence-electron chi connectivity index (χ2n) is 18.9. The number of ketones is 2. The summed E-state index contributed by atoms with van der Waals surface area (Å²) in [5.41, 5.74) is 36.3. The van der Waals surface area contributed by atoms with E-state index in [1.54, 1.807) is 60.7 Å². The first kappa shape index (κ1) is 60.5. The van der Waals surface area contributed by atoms with Crippen LogP contribution < -0.4 is 22.9 Å². The molecular weight excluding hydrogens is 1170 g/mol. The van der Waals surface area contributed by atoms with Crippen molar-refractivity contribution in [3.63, 3.8) is 0 Å². The number of carbonyl (C=O) groups excluding carboxylic acids is 2. The van der Waals surface area contributed by atoms with Gasteiger partial charge < -0.3 is 22.9 Å². The van der Waals surface area contributed by atoms with Crippen LogP contribution in [0.4, 0.5) is 49.1 Å². The van der Waals surface area contributed by atoms with Crippen LogP contribution in [0, 0.1) is 34.9 Å². The van der Waals surface area contributed by atoms with Crippen LogP contribution in [-0.2, 0) is 0 Å². The molecule has 0 aliphatic heterocycles. The Balaban J connectivity index is 0.000000189. The molecule has 10 aromatic carbocycles. The lowest BCUT2D eigenvalue weighted by Gasteiger charge is -2.13. The number of hydrogen-bond acceptors (Lipinski definition) is 10. The van der Waals surface area contributed by atoms with E-state index in [-0.39, 0.29) is 34.4 Å². The summed E-state index contributed by atoms with van der Waals surface area (Å²) in [6.07, 6.45) is 0. The van der Waals surface area contributed by atoms with Gasteiger partial charge >= 0.3 is 0 Å². The van der Waals surface area contributed by atoms with Gasteiger partial charge in [0.25, 0.3) is 0 Å². The third-order valence-electron chi connectivity index (χ3n) is 13.1. The summed E-state index contributed by atoms with van der Waals surface area (Å²) < 4.78 is 79.7. The fourth-order valence-corrected chi connectivity index (χ4v) is 8.68. The average Bonchev–Trinajstić information content (AvgIpc) is 2.23. The second kappa shape index (κ2) is 27.1. The highest BCUT2D eigenvalue weighted by molar-refractivity contribution is 6.63. The van der Waals surface area contributed by atoms with E-state index in [1.807, 2.05) is 60.7 Å². The third kappa shape index (κ3) is 15.0. The molecular formula is C67H45Cl3F6N8O2. The molecule has 0 aliphatic rings. The number of anilines is 4. The van der Waals surface area contributed by atoms with Gasteiger partial charge in [0.1, 0.15) is 34.9 Å². The van der Waals surface area contributed by atoms with Crippen LogP contribution in [-0.4, -0.2) is 35.8 Å². The van der Waals surface area contributed by atoms with Gasteiger partial charge in [0.15, 0.2) is 4.30 Å². The predicted molar refractivity (Wildman–Crippen MR) is 332 cm³/mol. The number of carbonyl (C=O) groups is 2. The first-order chi connectivity index (χ1) is 41.3. The molecule has 19 heteroatoms. The summed E-state index contributed by atoms with van der Waals surface area (Å²) in [7, 11) is 0. The largest absolute Gasteiger partial charge is 0.397 e. The summed E-state index contributed by atoms with van der Waals surface area (Å²) in [5, 5.41) is 0. The maximum atomic E-state index is 13.8. The van der Waals surface area contributed by atoms with Crippen molar-refractivity contribution < 1.29 is 35.9 Å². The zero-order valence-corrected chi connectivity index (χ0v) is 46.9.